The third-order valence-corrected chi connectivity index (χ3v) is 3.33. The molecule has 2 heterocycles. The first-order chi connectivity index (χ1) is 11.2. The number of carbonyl (C=O) groups excluding carboxylic acids is 1. The number of hydrogen-bond donors (Lipinski definition) is 1. The highest BCUT2D eigenvalue weighted by Gasteiger charge is 2.26. The molecule has 116 valence electrons. The van der Waals surface area contributed by atoms with Crippen LogP contribution in [0.15, 0.2) is 53.3 Å². The smallest absolute Gasteiger partial charge is 0.275 e. The van der Waals surface area contributed by atoms with Crippen LogP contribution in [0.4, 0.5) is 0 Å². The maximum absolute atomic E-state index is 12.2. The molecular formula is C17H15N3O3. The molecule has 0 bridgehead atoms. The number of aromatic nitrogens is 1. The summed E-state index contributed by atoms with van der Waals surface area (Å²) in [6.07, 6.45) is 3.29. The van der Waals surface area contributed by atoms with Gasteiger partial charge in [-0.2, -0.15) is 0 Å². The molecule has 6 heteroatoms. The van der Waals surface area contributed by atoms with Gasteiger partial charge in [0.1, 0.15) is 28.6 Å². The average Bonchev–Trinajstić information content (AvgIpc) is 2.95. The van der Waals surface area contributed by atoms with E-state index in [1.165, 1.54) is 0 Å². The minimum atomic E-state index is -0.293. The van der Waals surface area contributed by atoms with Crippen molar-refractivity contribution in [1.29, 1.82) is 0 Å². The molecule has 0 atom stereocenters. The zero-order valence-electron chi connectivity index (χ0n) is 12.7. The van der Waals surface area contributed by atoms with Gasteiger partial charge in [0.2, 0.25) is 0 Å². The van der Waals surface area contributed by atoms with Crippen molar-refractivity contribution in [2.24, 2.45) is 4.99 Å². The fraction of sp³-hybridized carbons (Fsp3) is 0.118. The van der Waals surface area contributed by atoms with Gasteiger partial charge in [-0.1, -0.05) is 12.1 Å². The number of carbonyl (C=O) groups is 1. The summed E-state index contributed by atoms with van der Waals surface area (Å²) < 4.78 is 10.7. The molecule has 0 aliphatic carbocycles. The summed E-state index contributed by atoms with van der Waals surface area (Å²) in [5, 5.41) is 2.74. The standard InChI is InChI=1S/C17H15N3O3/c1-22-13-7-5-8-14(23-2)15(13)16-19-12(17(21)20-16)10-11-6-3-4-9-18-11/h3-10H,1-2H3,(H,19,20,21)/b12-10+. The monoisotopic (exact) mass is 309 g/mol. The topological polar surface area (TPSA) is 72.8 Å². The Morgan fingerprint density at radius 1 is 1.04 bits per heavy atom. The van der Waals surface area contributed by atoms with E-state index in [1.807, 2.05) is 18.2 Å². The molecule has 6 nitrogen and oxygen atoms in total. The normalized spacial score (nSPS) is 15.3. The third-order valence-electron chi connectivity index (χ3n) is 3.33. The number of rotatable bonds is 4. The van der Waals surface area contributed by atoms with Gasteiger partial charge in [0.05, 0.1) is 19.9 Å². The van der Waals surface area contributed by atoms with Crippen molar-refractivity contribution in [3.05, 3.63) is 59.5 Å². The van der Waals surface area contributed by atoms with Gasteiger partial charge < -0.3 is 14.8 Å². The number of amidine groups is 1. The Balaban J connectivity index is 2.04. The van der Waals surface area contributed by atoms with Crippen LogP contribution in [-0.2, 0) is 4.79 Å². The highest BCUT2D eigenvalue weighted by atomic mass is 16.5. The lowest BCUT2D eigenvalue weighted by molar-refractivity contribution is -0.115. The second-order valence-electron chi connectivity index (χ2n) is 4.74. The van der Waals surface area contributed by atoms with E-state index in [-0.39, 0.29) is 11.6 Å². The fourth-order valence-corrected chi connectivity index (χ4v) is 2.27. The van der Waals surface area contributed by atoms with Gasteiger partial charge in [-0.25, -0.2) is 4.99 Å². The van der Waals surface area contributed by atoms with E-state index in [0.29, 0.717) is 28.6 Å². The van der Waals surface area contributed by atoms with Crippen LogP contribution in [0.25, 0.3) is 6.08 Å². The van der Waals surface area contributed by atoms with E-state index in [1.54, 1.807) is 44.7 Å². The molecule has 2 aromatic rings. The van der Waals surface area contributed by atoms with Crippen LogP contribution in [0, 0.1) is 0 Å². The van der Waals surface area contributed by atoms with E-state index in [9.17, 15) is 4.79 Å². The molecule has 1 amide bonds. The third kappa shape index (κ3) is 2.91. The Labute approximate surface area is 133 Å². The van der Waals surface area contributed by atoms with Crippen LogP contribution in [0.5, 0.6) is 11.5 Å². The predicted molar refractivity (Wildman–Crippen MR) is 86.4 cm³/mol. The zero-order valence-corrected chi connectivity index (χ0v) is 12.7. The highest BCUT2D eigenvalue weighted by Crippen LogP contribution is 2.30. The summed E-state index contributed by atoms with van der Waals surface area (Å²) in [6.45, 7) is 0. The van der Waals surface area contributed by atoms with Crippen LogP contribution in [0.3, 0.4) is 0 Å². The lowest BCUT2D eigenvalue weighted by Crippen LogP contribution is -2.25. The Morgan fingerprint density at radius 3 is 2.39 bits per heavy atom. The second kappa shape index (κ2) is 6.31. The minimum absolute atomic E-state index is 0.284. The van der Waals surface area contributed by atoms with E-state index in [0.717, 1.165) is 0 Å². The second-order valence-corrected chi connectivity index (χ2v) is 4.74. The molecular weight excluding hydrogens is 294 g/mol. The number of benzene rings is 1. The number of aliphatic imine (C=N–C) groups is 1. The van der Waals surface area contributed by atoms with Crippen molar-refractivity contribution in [2.75, 3.05) is 14.2 Å². The summed E-state index contributed by atoms with van der Waals surface area (Å²) >= 11 is 0. The minimum Gasteiger partial charge on any atom is -0.496 e. The van der Waals surface area contributed by atoms with E-state index in [2.05, 4.69) is 15.3 Å². The number of pyridine rings is 1. The van der Waals surface area contributed by atoms with Crippen molar-refractivity contribution in [1.82, 2.24) is 10.3 Å². The molecule has 0 saturated carbocycles. The quantitative estimate of drug-likeness (QED) is 0.877. The Kier molecular flexibility index (Phi) is 4.05. The van der Waals surface area contributed by atoms with E-state index >= 15 is 0 Å². The van der Waals surface area contributed by atoms with Crippen molar-refractivity contribution in [3.8, 4) is 11.5 Å². The number of methoxy groups -OCH3 is 2. The van der Waals surface area contributed by atoms with Crippen molar-refractivity contribution < 1.29 is 14.3 Å². The fourth-order valence-electron chi connectivity index (χ4n) is 2.27. The van der Waals surface area contributed by atoms with Gasteiger partial charge in [0.15, 0.2) is 0 Å². The molecule has 0 unspecified atom stereocenters. The summed E-state index contributed by atoms with van der Waals surface area (Å²) in [5.74, 6) is 1.25. The summed E-state index contributed by atoms with van der Waals surface area (Å²) in [6, 6.07) is 10.8. The molecule has 0 radical (unpaired) electrons. The average molecular weight is 309 g/mol. The number of ether oxygens (including phenoxy) is 2. The van der Waals surface area contributed by atoms with Crippen LogP contribution in [0.1, 0.15) is 11.3 Å². The molecule has 1 aliphatic rings. The molecule has 3 rings (SSSR count). The maximum atomic E-state index is 12.2. The van der Waals surface area contributed by atoms with E-state index in [4.69, 9.17) is 9.47 Å². The van der Waals surface area contributed by atoms with Gasteiger partial charge >= 0.3 is 0 Å². The van der Waals surface area contributed by atoms with E-state index < -0.39 is 0 Å². The maximum Gasteiger partial charge on any atom is 0.275 e. The van der Waals surface area contributed by atoms with Crippen molar-refractivity contribution in [2.45, 2.75) is 0 Å². The van der Waals surface area contributed by atoms with Gasteiger partial charge in [-0.15, -0.1) is 0 Å². The van der Waals surface area contributed by atoms with Crippen LogP contribution in [0.2, 0.25) is 0 Å². The molecule has 0 spiro atoms. The lowest BCUT2D eigenvalue weighted by atomic mass is 10.1. The number of nitrogens with one attached hydrogen (secondary N) is 1. The summed E-state index contributed by atoms with van der Waals surface area (Å²) in [7, 11) is 3.11. The summed E-state index contributed by atoms with van der Waals surface area (Å²) in [4.78, 5) is 20.7. The molecule has 1 aliphatic heterocycles. The van der Waals surface area contributed by atoms with Crippen LogP contribution < -0.4 is 14.8 Å². The Bertz CT molecular complexity index is 776. The Hall–Kier alpha value is -3.15. The first-order valence-corrected chi connectivity index (χ1v) is 6.97. The summed E-state index contributed by atoms with van der Waals surface area (Å²) in [5.41, 5.74) is 1.55. The number of hydrogen-bond acceptors (Lipinski definition) is 5. The zero-order chi connectivity index (χ0) is 16.2. The van der Waals surface area contributed by atoms with Gasteiger partial charge in [-0.3, -0.25) is 9.78 Å². The SMILES string of the molecule is COc1cccc(OC)c1C1=N/C(=C/c2ccccn2)C(=O)N1. The van der Waals surface area contributed by atoms with Gasteiger partial charge in [0.25, 0.3) is 5.91 Å². The predicted octanol–water partition coefficient (Wildman–Crippen LogP) is 2.02. The van der Waals surface area contributed by atoms with Crippen LogP contribution in [-0.4, -0.2) is 30.9 Å². The van der Waals surface area contributed by atoms with Crippen molar-refractivity contribution >= 4 is 17.8 Å². The Morgan fingerprint density at radius 2 is 1.78 bits per heavy atom. The molecule has 1 aromatic carbocycles. The van der Waals surface area contributed by atoms with Crippen molar-refractivity contribution in [3.63, 3.8) is 0 Å². The van der Waals surface area contributed by atoms with Gasteiger partial charge in [-0.05, 0) is 30.3 Å². The largest absolute Gasteiger partial charge is 0.496 e. The lowest BCUT2D eigenvalue weighted by Gasteiger charge is -2.12. The first kappa shape index (κ1) is 14.8. The van der Waals surface area contributed by atoms with Crippen LogP contribution >= 0.6 is 0 Å². The van der Waals surface area contributed by atoms with Gasteiger partial charge in [0, 0.05) is 6.20 Å². The highest BCUT2D eigenvalue weighted by molar-refractivity contribution is 6.21. The molecule has 1 N–H and O–H groups in total. The number of amides is 1. The molecule has 1 aromatic heterocycles. The first-order valence-electron chi connectivity index (χ1n) is 6.97. The molecule has 23 heavy (non-hydrogen) atoms. The number of nitrogens with zero attached hydrogens (tertiary/aromatic N) is 2. The molecule has 0 saturated heterocycles. The molecule has 0 fully saturated rings.